The first kappa shape index (κ1) is 16.1. The van der Waals surface area contributed by atoms with Crippen LogP contribution in [0.5, 0.6) is 0 Å². The van der Waals surface area contributed by atoms with Gasteiger partial charge in [0.05, 0.1) is 15.2 Å². The van der Waals surface area contributed by atoms with E-state index >= 15 is 0 Å². The van der Waals surface area contributed by atoms with Crippen LogP contribution in [0.2, 0.25) is 5.02 Å². The minimum Gasteiger partial charge on any atom is -0.332 e. The van der Waals surface area contributed by atoms with Crippen molar-refractivity contribution in [2.75, 3.05) is 10.6 Å². The van der Waals surface area contributed by atoms with E-state index in [4.69, 9.17) is 23.8 Å². The van der Waals surface area contributed by atoms with Gasteiger partial charge in [-0.3, -0.25) is 0 Å². The predicted octanol–water partition coefficient (Wildman–Crippen LogP) is 5.51. The normalized spacial score (nSPS) is 10.8. The highest BCUT2D eigenvalue weighted by Crippen LogP contribution is 2.28. The first-order valence-corrected chi connectivity index (χ1v) is 8.43. The number of nitrogens with one attached hydrogen (secondary N) is 2. The Bertz CT molecular complexity index is 869. The average molecular weight is 366 g/mol. The Hall–Kier alpha value is -1.76. The van der Waals surface area contributed by atoms with Gasteiger partial charge in [0.2, 0.25) is 0 Å². The summed E-state index contributed by atoms with van der Waals surface area (Å²) in [5, 5.41) is 7.13. The van der Waals surface area contributed by atoms with Gasteiger partial charge in [0.1, 0.15) is 5.82 Å². The zero-order valence-electron chi connectivity index (χ0n) is 12.4. The van der Waals surface area contributed by atoms with Crippen molar-refractivity contribution in [2.24, 2.45) is 0 Å². The number of anilines is 2. The largest absolute Gasteiger partial charge is 0.332 e. The van der Waals surface area contributed by atoms with E-state index in [2.05, 4.69) is 41.6 Å². The molecule has 0 radical (unpaired) electrons. The molecule has 1 heterocycles. The number of hydrogen-bond acceptors (Lipinski definition) is 3. The fraction of sp³-hybridized carbons (Fsp3) is 0.125. The van der Waals surface area contributed by atoms with Gasteiger partial charge in [0, 0.05) is 5.69 Å². The number of thiazole rings is 1. The molecule has 0 atom stereocenters. The van der Waals surface area contributed by atoms with Crippen LogP contribution in [0.15, 0.2) is 30.3 Å². The van der Waals surface area contributed by atoms with Crippen LogP contribution in [-0.2, 0) is 0 Å². The molecule has 0 aliphatic carbocycles. The molecule has 0 saturated carbocycles. The zero-order chi connectivity index (χ0) is 16.6. The summed E-state index contributed by atoms with van der Waals surface area (Å²) in [5.41, 5.74) is 3.99. The number of halogens is 2. The fourth-order valence-corrected chi connectivity index (χ4v) is 3.48. The van der Waals surface area contributed by atoms with Crippen molar-refractivity contribution < 1.29 is 4.39 Å². The topological polar surface area (TPSA) is 37.0 Å². The highest BCUT2D eigenvalue weighted by molar-refractivity contribution is 7.80. The second kappa shape index (κ2) is 6.39. The van der Waals surface area contributed by atoms with Crippen LogP contribution >= 0.6 is 35.2 Å². The van der Waals surface area contributed by atoms with E-state index in [9.17, 15) is 4.39 Å². The molecule has 0 amide bonds. The van der Waals surface area contributed by atoms with Crippen LogP contribution in [0.25, 0.3) is 10.2 Å². The van der Waals surface area contributed by atoms with Crippen molar-refractivity contribution >= 4 is 61.3 Å². The smallest absolute Gasteiger partial charge is 0.190 e. The van der Waals surface area contributed by atoms with E-state index < -0.39 is 5.82 Å². The number of nitrogens with zero attached hydrogens (tertiary/aromatic N) is 1. The number of thiocarbonyl (C=S) groups is 1. The molecule has 0 saturated heterocycles. The maximum absolute atomic E-state index is 13.1. The lowest BCUT2D eigenvalue weighted by molar-refractivity contribution is 0.628. The number of benzene rings is 2. The molecule has 3 nitrogen and oxygen atoms in total. The minimum atomic E-state index is -0.465. The van der Waals surface area contributed by atoms with Gasteiger partial charge in [-0.1, -0.05) is 22.9 Å². The number of aromatic nitrogens is 1. The molecular formula is C16H13ClFN3S2. The predicted molar refractivity (Wildman–Crippen MR) is 100 cm³/mol. The molecule has 0 spiro atoms. The van der Waals surface area contributed by atoms with Crippen molar-refractivity contribution in [2.45, 2.75) is 13.8 Å². The molecule has 3 aromatic rings. The molecular weight excluding hydrogens is 353 g/mol. The molecule has 0 bridgehead atoms. The third kappa shape index (κ3) is 3.60. The van der Waals surface area contributed by atoms with Crippen LogP contribution in [0, 0.1) is 19.7 Å². The second-order valence-corrected chi connectivity index (χ2v) is 6.98. The van der Waals surface area contributed by atoms with E-state index in [1.807, 2.05) is 0 Å². The Kier molecular flexibility index (Phi) is 4.48. The summed E-state index contributed by atoms with van der Waals surface area (Å²) in [5.74, 6) is -0.465. The highest BCUT2D eigenvalue weighted by Gasteiger charge is 2.08. The van der Waals surface area contributed by atoms with Crippen molar-refractivity contribution in [1.82, 2.24) is 4.98 Å². The monoisotopic (exact) mass is 365 g/mol. The molecule has 23 heavy (non-hydrogen) atoms. The Morgan fingerprint density at radius 3 is 2.65 bits per heavy atom. The Balaban J connectivity index is 1.75. The molecule has 0 fully saturated rings. The van der Waals surface area contributed by atoms with Gasteiger partial charge in [-0.25, -0.2) is 9.37 Å². The molecule has 0 aliphatic heterocycles. The molecule has 0 aliphatic rings. The van der Waals surface area contributed by atoms with Gasteiger partial charge in [0.25, 0.3) is 0 Å². The maximum Gasteiger partial charge on any atom is 0.190 e. The molecule has 7 heteroatoms. The Morgan fingerprint density at radius 2 is 1.91 bits per heavy atom. The number of rotatable bonds is 2. The summed E-state index contributed by atoms with van der Waals surface area (Å²) in [7, 11) is 0. The van der Waals surface area contributed by atoms with E-state index in [1.165, 1.54) is 34.6 Å². The molecule has 3 rings (SSSR count). The summed E-state index contributed by atoms with van der Waals surface area (Å²) >= 11 is 12.5. The molecule has 2 N–H and O–H groups in total. The number of hydrogen-bond donors (Lipinski definition) is 2. The quantitative estimate of drug-likeness (QED) is 0.587. The van der Waals surface area contributed by atoms with Crippen LogP contribution in [-0.4, -0.2) is 10.1 Å². The standard InChI is InChI=1S/C16H13ClFN3S2/c1-8-5-13-14(6-9(8)2)23-16(20-13)21-15(22)19-10-3-4-12(18)11(17)7-10/h3-7H,1-2H3,(H2,19,20,21,22). The highest BCUT2D eigenvalue weighted by atomic mass is 35.5. The van der Waals surface area contributed by atoms with E-state index in [1.54, 1.807) is 6.07 Å². The van der Waals surface area contributed by atoms with E-state index in [0.717, 1.165) is 10.2 Å². The third-order valence-corrected chi connectivity index (χ3v) is 4.83. The molecule has 1 aromatic heterocycles. The van der Waals surface area contributed by atoms with Gasteiger partial charge in [-0.2, -0.15) is 0 Å². The maximum atomic E-state index is 13.1. The van der Waals surface area contributed by atoms with Crippen LogP contribution in [0.3, 0.4) is 0 Å². The average Bonchev–Trinajstić information content (AvgIpc) is 2.84. The lowest BCUT2D eigenvalue weighted by Gasteiger charge is -2.08. The summed E-state index contributed by atoms with van der Waals surface area (Å²) in [6, 6.07) is 8.51. The second-order valence-electron chi connectivity index (χ2n) is 5.13. The molecule has 0 unspecified atom stereocenters. The van der Waals surface area contributed by atoms with Crippen molar-refractivity contribution in [3.05, 3.63) is 52.3 Å². The third-order valence-electron chi connectivity index (χ3n) is 3.40. The summed E-state index contributed by atoms with van der Waals surface area (Å²) < 4.78 is 14.3. The molecule has 118 valence electrons. The van der Waals surface area contributed by atoms with Gasteiger partial charge in [0.15, 0.2) is 10.2 Å². The Labute approximate surface area is 147 Å². The lowest BCUT2D eigenvalue weighted by Crippen LogP contribution is -2.18. The fourth-order valence-electron chi connectivity index (χ4n) is 2.07. The lowest BCUT2D eigenvalue weighted by atomic mass is 10.1. The molecule has 2 aromatic carbocycles. The number of fused-ring (bicyclic) bond motifs is 1. The van der Waals surface area contributed by atoms with Crippen molar-refractivity contribution in [3.8, 4) is 0 Å². The van der Waals surface area contributed by atoms with Crippen LogP contribution in [0.1, 0.15) is 11.1 Å². The van der Waals surface area contributed by atoms with Gasteiger partial charge < -0.3 is 10.6 Å². The zero-order valence-corrected chi connectivity index (χ0v) is 14.8. The summed E-state index contributed by atoms with van der Waals surface area (Å²) in [6.45, 7) is 4.14. The van der Waals surface area contributed by atoms with Gasteiger partial charge >= 0.3 is 0 Å². The summed E-state index contributed by atoms with van der Waals surface area (Å²) in [4.78, 5) is 4.52. The van der Waals surface area contributed by atoms with Gasteiger partial charge in [-0.05, 0) is 67.5 Å². The minimum absolute atomic E-state index is 0.0451. The first-order valence-electron chi connectivity index (χ1n) is 6.83. The van der Waals surface area contributed by atoms with Gasteiger partial charge in [-0.15, -0.1) is 0 Å². The SMILES string of the molecule is Cc1cc2nc(NC(=S)Nc3ccc(F)c(Cl)c3)sc2cc1C. The van der Waals surface area contributed by atoms with Crippen molar-refractivity contribution in [1.29, 1.82) is 0 Å². The summed E-state index contributed by atoms with van der Waals surface area (Å²) in [6.07, 6.45) is 0. The van der Waals surface area contributed by atoms with E-state index in [0.29, 0.717) is 15.9 Å². The van der Waals surface area contributed by atoms with Crippen LogP contribution < -0.4 is 10.6 Å². The van der Waals surface area contributed by atoms with E-state index in [-0.39, 0.29) is 5.02 Å². The first-order chi connectivity index (χ1) is 10.9. The van der Waals surface area contributed by atoms with Crippen molar-refractivity contribution in [3.63, 3.8) is 0 Å². The van der Waals surface area contributed by atoms with Crippen LogP contribution in [0.4, 0.5) is 15.2 Å². The number of aryl methyl sites for hydroxylation is 2. The Morgan fingerprint density at radius 1 is 1.17 bits per heavy atom.